The molecule has 0 heterocycles. The van der Waals surface area contributed by atoms with Crippen LogP contribution in [0.3, 0.4) is 0 Å². The lowest BCUT2D eigenvalue weighted by molar-refractivity contribution is 0.172. The van der Waals surface area contributed by atoms with Crippen LogP contribution < -0.4 is 14.8 Å². The lowest BCUT2D eigenvalue weighted by Crippen LogP contribution is -2.26. The van der Waals surface area contributed by atoms with E-state index >= 15 is 0 Å². The minimum Gasteiger partial charge on any atom is -0.506 e. The molecule has 0 spiro atoms. The zero-order valence-electron chi connectivity index (χ0n) is 19.5. The second-order valence-electron chi connectivity index (χ2n) is 8.18. The Bertz CT molecular complexity index is 1240. The molecule has 0 fully saturated rings. The topological polar surface area (TPSA) is 128 Å². The average Bonchev–Trinajstić information content (AvgIpc) is 2.80. The van der Waals surface area contributed by atoms with Crippen molar-refractivity contribution in [2.75, 3.05) is 30.7 Å². The number of benzene rings is 3. The van der Waals surface area contributed by atoms with Crippen LogP contribution in [0.5, 0.6) is 11.5 Å². The highest BCUT2D eigenvalue weighted by atomic mass is 35.5. The van der Waals surface area contributed by atoms with Crippen LogP contribution in [-0.2, 0) is 16.6 Å². The van der Waals surface area contributed by atoms with Gasteiger partial charge >= 0.3 is 0 Å². The summed E-state index contributed by atoms with van der Waals surface area (Å²) in [6, 6.07) is 15.6. The molecule has 0 radical (unpaired) electrons. The van der Waals surface area contributed by atoms with E-state index in [9.17, 15) is 23.7 Å². The van der Waals surface area contributed by atoms with Gasteiger partial charge in [0.15, 0.2) is 0 Å². The Morgan fingerprint density at radius 1 is 1.06 bits per heavy atom. The molecule has 0 aliphatic heterocycles. The highest BCUT2D eigenvalue weighted by Gasteiger charge is 2.13. The first-order chi connectivity index (χ1) is 16.6. The molecular formula is C25H29ClN2O6S. The molecule has 0 aliphatic carbocycles. The van der Waals surface area contributed by atoms with E-state index in [1.165, 1.54) is 18.2 Å². The van der Waals surface area contributed by atoms with Gasteiger partial charge in [-0.05, 0) is 59.0 Å². The van der Waals surface area contributed by atoms with Crippen molar-refractivity contribution >= 4 is 27.3 Å². The third kappa shape index (κ3) is 7.58. The molecule has 0 saturated carbocycles. The van der Waals surface area contributed by atoms with Crippen LogP contribution in [0.4, 0.5) is 5.69 Å². The number of hydrogen-bond donors (Lipinski definition) is 5. The van der Waals surface area contributed by atoms with Crippen molar-refractivity contribution < 1.29 is 28.5 Å². The molecule has 0 aromatic heterocycles. The molecule has 35 heavy (non-hydrogen) atoms. The number of aromatic hydroxyl groups is 1. The molecule has 3 rings (SSSR count). The van der Waals surface area contributed by atoms with Crippen molar-refractivity contribution in [2.45, 2.75) is 19.6 Å². The van der Waals surface area contributed by atoms with Crippen LogP contribution in [-0.4, -0.2) is 49.7 Å². The van der Waals surface area contributed by atoms with Crippen molar-refractivity contribution in [1.82, 2.24) is 5.32 Å². The minimum atomic E-state index is -3.57. The Morgan fingerprint density at radius 3 is 2.40 bits per heavy atom. The number of anilines is 1. The molecule has 5 N–H and O–H groups in total. The summed E-state index contributed by atoms with van der Waals surface area (Å²) in [7, 11) is -3.57. The molecular weight excluding hydrogens is 492 g/mol. The van der Waals surface area contributed by atoms with Gasteiger partial charge in [0, 0.05) is 13.1 Å². The first-order valence-corrected chi connectivity index (χ1v) is 13.2. The predicted octanol–water partition coefficient (Wildman–Crippen LogP) is 3.59. The van der Waals surface area contributed by atoms with Gasteiger partial charge in [-0.3, -0.25) is 4.72 Å². The number of aliphatic hydroxyl groups excluding tert-OH is 2. The van der Waals surface area contributed by atoms with Crippen LogP contribution in [0.2, 0.25) is 5.02 Å². The fourth-order valence-corrected chi connectivity index (χ4v) is 4.39. The van der Waals surface area contributed by atoms with Crippen molar-refractivity contribution in [3.05, 3.63) is 76.3 Å². The smallest absolute Gasteiger partial charge is 0.229 e. The minimum absolute atomic E-state index is 0.00490. The third-order valence-corrected chi connectivity index (χ3v) is 6.13. The number of phenolic OH excluding ortho intramolecular Hbond substituents is 1. The molecule has 3 aromatic carbocycles. The SMILES string of the molecule is Cc1cc(-c2ccc(CO)cc2)cc(Cl)c1OCCNCC(O)c1ccc(O)c(NS(C)(=O)=O)c1. The highest BCUT2D eigenvalue weighted by Crippen LogP contribution is 2.34. The van der Waals surface area contributed by atoms with Crippen LogP contribution in [0.15, 0.2) is 54.6 Å². The van der Waals surface area contributed by atoms with Gasteiger partial charge < -0.3 is 25.4 Å². The molecule has 0 saturated heterocycles. The van der Waals surface area contributed by atoms with Crippen LogP contribution in [0.25, 0.3) is 11.1 Å². The van der Waals surface area contributed by atoms with Gasteiger partial charge in [0.05, 0.1) is 29.7 Å². The standard InChI is InChI=1S/C25H29ClN2O6S/c1-16-11-20(18-5-3-17(15-29)4-6-18)12-21(26)25(16)34-10-9-27-14-24(31)19-7-8-23(30)22(13-19)28-35(2,32)33/h3-8,11-13,24,27-31H,9-10,14-15H2,1-2H3. The largest absolute Gasteiger partial charge is 0.506 e. The average molecular weight is 521 g/mol. The normalized spacial score (nSPS) is 12.4. The number of aliphatic hydroxyl groups is 2. The van der Waals surface area contributed by atoms with Crippen LogP contribution >= 0.6 is 11.6 Å². The van der Waals surface area contributed by atoms with E-state index < -0.39 is 16.1 Å². The molecule has 3 aromatic rings. The molecule has 0 aliphatic rings. The summed E-state index contributed by atoms with van der Waals surface area (Å²) in [6.07, 6.45) is 0.0611. The zero-order chi connectivity index (χ0) is 25.6. The fraction of sp³-hybridized carbons (Fsp3) is 0.280. The van der Waals surface area contributed by atoms with E-state index in [2.05, 4.69) is 10.0 Å². The number of nitrogens with one attached hydrogen (secondary N) is 2. The summed E-state index contributed by atoms with van der Waals surface area (Å²) in [6.45, 7) is 2.85. The summed E-state index contributed by atoms with van der Waals surface area (Å²) < 4.78 is 30.9. The molecule has 0 amide bonds. The van der Waals surface area contributed by atoms with Crippen LogP contribution in [0, 0.1) is 6.92 Å². The summed E-state index contributed by atoms with van der Waals surface area (Å²) in [5.41, 5.74) is 4.11. The number of hydrogen-bond acceptors (Lipinski definition) is 7. The Balaban J connectivity index is 1.53. The first kappa shape index (κ1) is 26.8. The second kappa shape index (κ2) is 11.7. The Labute approximate surface area is 210 Å². The number of halogens is 1. The van der Waals surface area contributed by atoms with E-state index in [1.54, 1.807) is 0 Å². The summed E-state index contributed by atoms with van der Waals surface area (Å²) in [5.74, 6) is 0.355. The van der Waals surface area contributed by atoms with Crippen molar-refractivity contribution in [3.63, 3.8) is 0 Å². The van der Waals surface area contributed by atoms with E-state index in [4.69, 9.17) is 16.3 Å². The van der Waals surface area contributed by atoms with E-state index in [0.717, 1.165) is 28.5 Å². The van der Waals surface area contributed by atoms with Crippen molar-refractivity contribution in [1.29, 1.82) is 0 Å². The van der Waals surface area contributed by atoms with Gasteiger partial charge in [-0.15, -0.1) is 0 Å². The number of aryl methyl sites for hydroxylation is 1. The zero-order valence-corrected chi connectivity index (χ0v) is 21.0. The Morgan fingerprint density at radius 2 is 1.77 bits per heavy atom. The van der Waals surface area contributed by atoms with Gasteiger partial charge in [-0.25, -0.2) is 8.42 Å². The quantitative estimate of drug-likeness (QED) is 0.193. The van der Waals surface area contributed by atoms with E-state index in [0.29, 0.717) is 29.5 Å². The maximum atomic E-state index is 11.4. The Kier molecular flexibility index (Phi) is 8.98. The molecule has 0 bridgehead atoms. The van der Waals surface area contributed by atoms with E-state index in [-0.39, 0.29) is 24.6 Å². The number of rotatable bonds is 11. The maximum absolute atomic E-state index is 11.4. The van der Waals surface area contributed by atoms with E-state index in [1.807, 2.05) is 43.3 Å². The molecule has 10 heteroatoms. The number of phenols is 1. The molecule has 1 atom stereocenters. The monoisotopic (exact) mass is 520 g/mol. The van der Waals surface area contributed by atoms with Gasteiger partial charge in [-0.2, -0.15) is 0 Å². The molecule has 1 unspecified atom stereocenters. The van der Waals surface area contributed by atoms with Gasteiger partial charge in [-0.1, -0.05) is 41.9 Å². The maximum Gasteiger partial charge on any atom is 0.229 e. The summed E-state index contributed by atoms with van der Waals surface area (Å²) in [5, 5.41) is 33.0. The van der Waals surface area contributed by atoms with Crippen molar-refractivity contribution in [2.24, 2.45) is 0 Å². The summed E-state index contributed by atoms with van der Waals surface area (Å²) in [4.78, 5) is 0. The predicted molar refractivity (Wildman–Crippen MR) is 137 cm³/mol. The fourth-order valence-electron chi connectivity index (χ4n) is 3.51. The third-order valence-electron chi connectivity index (χ3n) is 5.26. The van der Waals surface area contributed by atoms with Gasteiger partial charge in [0.25, 0.3) is 0 Å². The van der Waals surface area contributed by atoms with Gasteiger partial charge in [0.1, 0.15) is 18.1 Å². The molecule has 8 nitrogen and oxygen atoms in total. The van der Waals surface area contributed by atoms with Crippen LogP contribution in [0.1, 0.15) is 22.8 Å². The lowest BCUT2D eigenvalue weighted by atomic mass is 10.0. The second-order valence-corrected chi connectivity index (χ2v) is 10.3. The first-order valence-electron chi connectivity index (χ1n) is 10.9. The summed E-state index contributed by atoms with van der Waals surface area (Å²) >= 11 is 6.47. The Hall–Kier alpha value is -2.82. The number of sulfonamides is 1. The van der Waals surface area contributed by atoms with Gasteiger partial charge in [0.2, 0.25) is 10.0 Å². The lowest BCUT2D eigenvalue weighted by Gasteiger charge is -2.16. The highest BCUT2D eigenvalue weighted by molar-refractivity contribution is 7.92. The molecule has 188 valence electrons. The number of ether oxygens (including phenoxy) is 1. The van der Waals surface area contributed by atoms with Crippen molar-refractivity contribution in [3.8, 4) is 22.6 Å².